The predicted molar refractivity (Wildman–Crippen MR) is 122 cm³/mol. The van der Waals surface area contributed by atoms with E-state index in [9.17, 15) is 9.90 Å². The highest BCUT2D eigenvalue weighted by Crippen LogP contribution is 2.19. The Morgan fingerprint density at radius 3 is 1.71 bits per heavy atom. The molecule has 0 saturated carbocycles. The summed E-state index contributed by atoms with van der Waals surface area (Å²) in [4.78, 5) is 11.5. The molecule has 0 amide bonds. The zero-order valence-corrected chi connectivity index (χ0v) is 17.9. The van der Waals surface area contributed by atoms with Gasteiger partial charge in [0.2, 0.25) is 0 Å². The van der Waals surface area contributed by atoms with E-state index in [-0.39, 0.29) is 0 Å². The number of allylic oxidation sites excluding steroid dienone is 1. The molecule has 1 aromatic rings. The van der Waals surface area contributed by atoms with E-state index in [1.165, 1.54) is 77.0 Å². The van der Waals surface area contributed by atoms with Gasteiger partial charge in [-0.1, -0.05) is 127 Å². The van der Waals surface area contributed by atoms with Crippen LogP contribution >= 0.6 is 0 Å². The maximum absolute atomic E-state index is 11.5. The average molecular weight is 385 g/mol. The first kappa shape index (κ1) is 24.2. The van der Waals surface area contributed by atoms with Crippen molar-refractivity contribution in [2.24, 2.45) is 0 Å². The Morgan fingerprint density at radius 2 is 1.29 bits per heavy atom. The smallest absolute Gasteiger partial charge is 0.335 e. The van der Waals surface area contributed by atoms with Crippen LogP contribution in [0.1, 0.15) is 108 Å². The van der Waals surface area contributed by atoms with Gasteiger partial charge in [-0.3, -0.25) is 0 Å². The minimum absolute atomic E-state index is 0.412. The van der Waals surface area contributed by atoms with Crippen LogP contribution in [0.4, 0.5) is 0 Å². The van der Waals surface area contributed by atoms with Gasteiger partial charge < -0.3 is 5.11 Å². The van der Waals surface area contributed by atoms with Crippen molar-refractivity contribution in [2.45, 2.75) is 96.8 Å². The lowest BCUT2D eigenvalue weighted by atomic mass is 10.0. The third-order valence-electron chi connectivity index (χ3n) is 5.34. The van der Waals surface area contributed by atoms with E-state index in [0.717, 1.165) is 24.0 Å². The van der Waals surface area contributed by atoms with Crippen LogP contribution in [0.25, 0.3) is 11.6 Å². The Kier molecular flexibility index (Phi) is 14.0. The first-order chi connectivity index (χ1) is 13.7. The van der Waals surface area contributed by atoms with Crippen LogP contribution in [-0.4, -0.2) is 11.1 Å². The normalized spacial score (nSPS) is 11.5. The second-order valence-electron chi connectivity index (χ2n) is 7.78. The molecule has 0 aliphatic heterocycles. The van der Waals surface area contributed by atoms with E-state index >= 15 is 0 Å². The number of aliphatic carboxylic acids is 1. The SMILES string of the molecule is C=Cc1ccc(C(=CCCCCCCCCCCCCCCC)C(=O)O)cc1. The number of hydrogen-bond acceptors (Lipinski definition) is 1. The summed E-state index contributed by atoms with van der Waals surface area (Å²) in [6.07, 6.45) is 21.8. The standard InChI is InChI=1S/C26H40O2/c1-3-5-6-7-8-9-10-11-12-13-14-15-16-17-18-25(26(27)28)24-21-19-23(4-2)20-22-24/h4,18-22H,2-3,5-17H2,1H3,(H,27,28). The van der Waals surface area contributed by atoms with Crippen molar-refractivity contribution in [3.63, 3.8) is 0 Å². The molecule has 1 rings (SSSR count). The van der Waals surface area contributed by atoms with Crippen molar-refractivity contribution in [1.29, 1.82) is 0 Å². The van der Waals surface area contributed by atoms with Gasteiger partial charge in [-0.05, 0) is 24.0 Å². The molecule has 0 fully saturated rings. The Bertz CT molecular complexity index is 569. The van der Waals surface area contributed by atoms with Crippen molar-refractivity contribution >= 4 is 17.6 Å². The summed E-state index contributed by atoms with van der Waals surface area (Å²) >= 11 is 0. The Morgan fingerprint density at radius 1 is 0.821 bits per heavy atom. The van der Waals surface area contributed by atoms with Crippen LogP contribution in [0.5, 0.6) is 0 Å². The van der Waals surface area contributed by atoms with Crippen LogP contribution in [0.2, 0.25) is 0 Å². The van der Waals surface area contributed by atoms with Gasteiger partial charge in [0.1, 0.15) is 0 Å². The summed E-state index contributed by atoms with van der Waals surface area (Å²) < 4.78 is 0. The molecule has 0 saturated heterocycles. The van der Waals surface area contributed by atoms with Crippen molar-refractivity contribution in [3.8, 4) is 0 Å². The summed E-state index contributed by atoms with van der Waals surface area (Å²) in [5.41, 5.74) is 2.19. The number of unbranched alkanes of at least 4 members (excludes halogenated alkanes) is 13. The largest absolute Gasteiger partial charge is 0.478 e. The molecule has 0 unspecified atom stereocenters. The maximum Gasteiger partial charge on any atom is 0.335 e. The molecule has 0 aliphatic rings. The number of benzene rings is 1. The lowest BCUT2D eigenvalue weighted by molar-refractivity contribution is -0.130. The fraction of sp³-hybridized carbons (Fsp3) is 0.577. The molecule has 2 nitrogen and oxygen atoms in total. The molecular weight excluding hydrogens is 344 g/mol. The monoisotopic (exact) mass is 384 g/mol. The number of carbonyl (C=O) groups is 1. The van der Waals surface area contributed by atoms with E-state index in [2.05, 4.69) is 13.5 Å². The number of hydrogen-bond donors (Lipinski definition) is 1. The fourth-order valence-electron chi connectivity index (χ4n) is 3.54. The number of rotatable bonds is 17. The predicted octanol–water partition coefficient (Wildman–Crippen LogP) is 8.28. The summed E-state index contributed by atoms with van der Waals surface area (Å²) in [5, 5.41) is 9.47. The third-order valence-corrected chi connectivity index (χ3v) is 5.34. The lowest BCUT2D eigenvalue weighted by Crippen LogP contribution is -1.99. The van der Waals surface area contributed by atoms with Gasteiger partial charge in [0.15, 0.2) is 0 Å². The number of carboxylic acids is 1. The van der Waals surface area contributed by atoms with Gasteiger partial charge in [0.05, 0.1) is 5.57 Å². The highest BCUT2D eigenvalue weighted by Gasteiger charge is 2.09. The van der Waals surface area contributed by atoms with E-state index in [4.69, 9.17) is 0 Å². The van der Waals surface area contributed by atoms with Crippen molar-refractivity contribution in [2.75, 3.05) is 0 Å². The molecular formula is C26H40O2. The second kappa shape index (κ2) is 16.2. The van der Waals surface area contributed by atoms with Gasteiger partial charge in [0, 0.05) is 0 Å². The molecule has 0 atom stereocenters. The summed E-state index contributed by atoms with van der Waals surface area (Å²) in [5.74, 6) is -0.846. The minimum atomic E-state index is -0.846. The Labute approximate surface area is 172 Å². The molecule has 0 spiro atoms. The van der Waals surface area contributed by atoms with Crippen molar-refractivity contribution < 1.29 is 9.90 Å². The molecule has 0 aromatic heterocycles. The van der Waals surface area contributed by atoms with Crippen molar-refractivity contribution in [3.05, 3.63) is 48.0 Å². The third kappa shape index (κ3) is 11.1. The Balaban J connectivity index is 2.10. The summed E-state index contributed by atoms with van der Waals surface area (Å²) in [6, 6.07) is 7.54. The lowest BCUT2D eigenvalue weighted by Gasteiger charge is -2.05. The van der Waals surface area contributed by atoms with Crippen LogP contribution in [0.3, 0.4) is 0 Å². The first-order valence-corrected chi connectivity index (χ1v) is 11.4. The van der Waals surface area contributed by atoms with Crippen LogP contribution in [0.15, 0.2) is 36.9 Å². The van der Waals surface area contributed by atoms with Gasteiger partial charge in [-0.15, -0.1) is 0 Å². The van der Waals surface area contributed by atoms with Crippen LogP contribution in [0, 0.1) is 0 Å². The molecule has 28 heavy (non-hydrogen) atoms. The molecule has 0 bridgehead atoms. The van der Waals surface area contributed by atoms with E-state index < -0.39 is 5.97 Å². The molecule has 156 valence electrons. The van der Waals surface area contributed by atoms with Gasteiger partial charge in [-0.25, -0.2) is 4.79 Å². The topological polar surface area (TPSA) is 37.3 Å². The van der Waals surface area contributed by atoms with E-state index in [1.807, 2.05) is 30.3 Å². The zero-order chi connectivity index (χ0) is 20.5. The number of carboxylic acid groups (broad SMARTS) is 1. The first-order valence-electron chi connectivity index (χ1n) is 11.4. The highest BCUT2D eigenvalue weighted by atomic mass is 16.4. The van der Waals surface area contributed by atoms with Crippen LogP contribution < -0.4 is 0 Å². The zero-order valence-electron chi connectivity index (χ0n) is 17.9. The average Bonchev–Trinajstić information content (AvgIpc) is 2.71. The van der Waals surface area contributed by atoms with Crippen molar-refractivity contribution in [1.82, 2.24) is 0 Å². The van der Waals surface area contributed by atoms with Gasteiger partial charge in [-0.2, -0.15) is 0 Å². The highest BCUT2D eigenvalue weighted by molar-refractivity contribution is 6.15. The van der Waals surface area contributed by atoms with E-state index in [0.29, 0.717) is 5.57 Å². The molecule has 2 heteroatoms. The molecule has 0 heterocycles. The Hall–Kier alpha value is -1.83. The second-order valence-corrected chi connectivity index (χ2v) is 7.78. The summed E-state index contributed by atoms with van der Waals surface area (Å²) in [6.45, 7) is 6.00. The van der Waals surface area contributed by atoms with Gasteiger partial charge >= 0.3 is 5.97 Å². The summed E-state index contributed by atoms with van der Waals surface area (Å²) in [7, 11) is 0. The molecule has 0 aliphatic carbocycles. The molecule has 1 aromatic carbocycles. The molecule has 1 N–H and O–H groups in total. The quantitative estimate of drug-likeness (QED) is 0.217. The fourth-order valence-corrected chi connectivity index (χ4v) is 3.54. The van der Waals surface area contributed by atoms with Crippen LogP contribution in [-0.2, 0) is 4.79 Å². The minimum Gasteiger partial charge on any atom is -0.478 e. The molecule has 0 radical (unpaired) electrons. The van der Waals surface area contributed by atoms with Gasteiger partial charge in [0.25, 0.3) is 0 Å². The van der Waals surface area contributed by atoms with E-state index in [1.54, 1.807) is 6.08 Å². The maximum atomic E-state index is 11.5.